The lowest BCUT2D eigenvalue weighted by atomic mass is 9.85. The van der Waals surface area contributed by atoms with Crippen LogP contribution in [0.5, 0.6) is 0 Å². The fourth-order valence-corrected chi connectivity index (χ4v) is 2.42. The number of halogens is 3. The second-order valence-corrected chi connectivity index (χ2v) is 4.53. The van der Waals surface area contributed by atoms with Crippen molar-refractivity contribution in [2.45, 2.75) is 24.9 Å². The highest BCUT2D eigenvalue weighted by Crippen LogP contribution is 2.41. The summed E-state index contributed by atoms with van der Waals surface area (Å²) in [7, 11) is 0. The Hall–Kier alpha value is -1.98. The van der Waals surface area contributed by atoms with Gasteiger partial charge in [-0.2, -0.15) is 13.2 Å². The van der Waals surface area contributed by atoms with Gasteiger partial charge >= 0.3 is 6.18 Å². The molecular formula is C13H11F3N2O. The van der Waals surface area contributed by atoms with E-state index >= 15 is 0 Å². The van der Waals surface area contributed by atoms with Crippen molar-refractivity contribution in [1.82, 2.24) is 10.5 Å². The van der Waals surface area contributed by atoms with Gasteiger partial charge in [0.05, 0.1) is 11.3 Å². The fourth-order valence-electron chi connectivity index (χ4n) is 2.42. The fraction of sp³-hybridized carbons (Fsp3) is 0.308. The first-order valence-corrected chi connectivity index (χ1v) is 5.90. The van der Waals surface area contributed by atoms with E-state index in [1.54, 1.807) is 12.3 Å². The number of hydroxylamine groups is 1. The molecule has 0 aromatic carbocycles. The third-order valence-corrected chi connectivity index (χ3v) is 3.30. The first-order chi connectivity index (χ1) is 9.05. The highest BCUT2D eigenvalue weighted by atomic mass is 19.4. The van der Waals surface area contributed by atoms with Crippen molar-refractivity contribution in [3.05, 3.63) is 53.2 Å². The van der Waals surface area contributed by atoms with Crippen LogP contribution < -0.4 is 5.48 Å². The topological polar surface area (TPSA) is 34.1 Å². The molecule has 1 aliphatic carbocycles. The van der Waals surface area contributed by atoms with Gasteiger partial charge in [0.1, 0.15) is 0 Å². The zero-order chi connectivity index (χ0) is 13.5. The Morgan fingerprint density at radius 1 is 1.37 bits per heavy atom. The standard InChI is InChI=1S/C13H11F3N2O/c14-13(15,16)10-2-1-5-17-12(10)8-3-4-11-9(6-8)7-18-19-11/h1-2,4-5,7-8,18H,3,6H2. The molecule has 3 nitrogen and oxygen atoms in total. The second-order valence-electron chi connectivity index (χ2n) is 4.53. The molecule has 2 heterocycles. The lowest BCUT2D eigenvalue weighted by Gasteiger charge is -2.22. The maximum atomic E-state index is 13.0. The van der Waals surface area contributed by atoms with Crippen molar-refractivity contribution in [3.63, 3.8) is 0 Å². The first-order valence-electron chi connectivity index (χ1n) is 5.90. The van der Waals surface area contributed by atoms with Crippen molar-refractivity contribution < 1.29 is 18.0 Å². The minimum absolute atomic E-state index is 0.109. The van der Waals surface area contributed by atoms with Crippen LogP contribution in [0.1, 0.15) is 30.0 Å². The van der Waals surface area contributed by atoms with Crippen LogP contribution in [-0.2, 0) is 11.0 Å². The Kier molecular flexibility index (Phi) is 2.73. The molecule has 0 fully saturated rings. The highest BCUT2D eigenvalue weighted by molar-refractivity contribution is 5.37. The summed E-state index contributed by atoms with van der Waals surface area (Å²) in [6.07, 6.45) is 1.50. The molecule has 1 aliphatic heterocycles. The number of aromatic nitrogens is 1. The highest BCUT2D eigenvalue weighted by Gasteiger charge is 2.37. The molecule has 1 unspecified atom stereocenters. The van der Waals surface area contributed by atoms with Gasteiger partial charge < -0.3 is 4.84 Å². The molecule has 3 rings (SSSR count). The van der Waals surface area contributed by atoms with Crippen LogP contribution in [0.15, 0.2) is 41.9 Å². The van der Waals surface area contributed by atoms with Gasteiger partial charge in [-0.3, -0.25) is 4.98 Å². The molecule has 19 heavy (non-hydrogen) atoms. The molecule has 0 spiro atoms. The van der Waals surface area contributed by atoms with E-state index in [0.29, 0.717) is 18.6 Å². The molecule has 1 aromatic rings. The van der Waals surface area contributed by atoms with E-state index in [4.69, 9.17) is 4.84 Å². The lowest BCUT2D eigenvalue weighted by Crippen LogP contribution is -2.16. The van der Waals surface area contributed by atoms with Gasteiger partial charge in [0, 0.05) is 23.9 Å². The smallest absolute Gasteiger partial charge is 0.383 e. The summed E-state index contributed by atoms with van der Waals surface area (Å²) in [6.45, 7) is 0. The zero-order valence-electron chi connectivity index (χ0n) is 9.87. The third kappa shape index (κ3) is 2.18. The van der Waals surface area contributed by atoms with E-state index in [2.05, 4.69) is 10.5 Å². The molecule has 1 atom stereocenters. The van der Waals surface area contributed by atoms with Gasteiger partial charge in [-0.05, 0) is 31.1 Å². The number of alkyl halides is 3. The lowest BCUT2D eigenvalue weighted by molar-refractivity contribution is -0.138. The summed E-state index contributed by atoms with van der Waals surface area (Å²) in [5, 5.41) is 0. The second kappa shape index (κ2) is 4.29. The Bertz CT molecular complexity index is 563. The molecule has 0 saturated heterocycles. The van der Waals surface area contributed by atoms with Crippen molar-refractivity contribution in [2.75, 3.05) is 0 Å². The van der Waals surface area contributed by atoms with Gasteiger partial charge in [0.15, 0.2) is 5.76 Å². The molecule has 1 aromatic heterocycles. The van der Waals surface area contributed by atoms with Gasteiger partial charge in [0.25, 0.3) is 0 Å². The Labute approximate surface area is 107 Å². The van der Waals surface area contributed by atoms with Gasteiger partial charge in [-0.25, -0.2) is 5.48 Å². The molecule has 2 aliphatic rings. The van der Waals surface area contributed by atoms with Crippen LogP contribution in [0.3, 0.4) is 0 Å². The van der Waals surface area contributed by atoms with E-state index in [1.807, 2.05) is 0 Å². The van der Waals surface area contributed by atoms with E-state index in [9.17, 15) is 13.2 Å². The average Bonchev–Trinajstić information content (AvgIpc) is 2.85. The predicted molar refractivity (Wildman–Crippen MR) is 61.6 cm³/mol. The van der Waals surface area contributed by atoms with E-state index < -0.39 is 11.7 Å². The maximum absolute atomic E-state index is 13.0. The number of hydrogen-bond acceptors (Lipinski definition) is 3. The normalized spacial score (nSPS) is 21.9. The Balaban J connectivity index is 1.96. The molecule has 1 N–H and O–H groups in total. The van der Waals surface area contributed by atoms with E-state index in [1.165, 1.54) is 12.3 Å². The summed E-state index contributed by atoms with van der Waals surface area (Å²) in [5.41, 5.74) is 2.95. The van der Waals surface area contributed by atoms with E-state index in [0.717, 1.165) is 11.6 Å². The van der Waals surface area contributed by atoms with Crippen molar-refractivity contribution in [1.29, 1.82) is 0 Å². The van der Waals surface area contributed by atoms with Crippen LogP contribution >= 0.6 is 0 Å². The summed E-state index contributed by atoms with van der Waals surface area (Å²) >= 11 is 0. The van der Waals surface area contributed by atoms with E-state index in [-0.39, 0.29) is 11.6 Å². The number of hydrogen-bond donors (Lipinski definition) is 1. The monoisotopic (exact) mass is 268 g/mol. The Morgan fingerprint density at radius 3 is 3.00 bits per heavy atom. The summed E-state index contributed by atoms with van der Waals surface area (Å²) in [4.78, 5) is 9.06. The van der Waals surface area contributed by atoms with Crippen molar-refractivity contribution in [3.8, 4) is 0 Å². The maximum Gasteiger partial charge on any atom is 0.418 e. The minimum atomic E-state index is -4.37. The molecule has 100 valence electrons. The Morgan fingerprint density at radius 2 is 2.21 bits per heavy atom. The number of fused-ring (bicyclic) bond motifs is 1. The largest absolute Gasteiger partial charge is 0.418 e. The number of rotatable bonds is 1. The van der Waals surface area contributed by atoms with Crippen molar-refractivity contribution in [2.24, 2.45) is 0 Å². The quantitative estimate of drug-likeness (QED) is 0.848. The minimum Gasteiger partial charge on any atom is -0.383 e. The molecular weight excluding hydrogens is 257 g/mol. The summed E-state index contributed by atoms with van der Waals surface area (Å²) < 4.78 is 38.9. The first kappa shape index (κ1) is 12.1. The third-order valence-electron chi connectivity index (χ3n) is 3.30. The summed E-state index contributed by atoms with van der Waals surface area (Å²) in [5.74, 6) is 0.442. The number of allylic oxidation sites excluding steroid dienone is 2. The number of nitrogens with zero attached hydrogens (tertiary/aromatic N) is 1. The SMILES string of the molecule is FC(F)(F)c1cccnc1C1CC=C2ONC=C2C1. The van der Waals surface area contributed by atoms with Crippen molar-refractivity contribution >= 4 is 0 Å². The predicted octanol–water partition coefficient (Wildman–Crippen LogP) is 3.28. The van der Waals surface area contributed by atoms with Crippen LogP contribution in [0.4, 0.5) is 13.2 Å². The number of pyridine rings is 1. The zero-order valence-corrected chi connectivity index (χ0v) is 9.87. The molecule has 0 bridgehead atoms. The number of nitrogens with one attached hydrogen (secondary N) is 1. The van der Waals surface area contributed by atoms with Crippen LogP contribution in [0.2, 0.25) is 0 Å². The van der Waals surface area contributed by atoms with Gasteiger partial charge in [-0.15, -0.1) is 0 Å². The van der Waals surface area contributed by atoms with Crippen LogP contribution in [0.25, 0.3) is 0 Å². The molecule has 0 radical (unpaired) electrons. The van der Waals surface area contributed by atoms with Gasteiger partial charge in [-0.1, -0.05) is 0 Å². The molecule has 0 amide bonds. The van der Waals surface area contributed by atoms with Crippen LogP contribution in [0, 0.1) is 0 Å². The molecule has 6 heteroatoms. The average molecular weight is 268 g/mol. The van der Waals surface area contributed by atoms with Gasteiger partial charge in [0.2, 0.25) is 0 Å². The molecule has 0 saturated carbocycles. The summed E-state index contributed by atoms with van der Waals surface area (Å²) in [6, 6.07) is 2.40. The van der Waals surface area contributed by atoms with Crippen LogP contribution in [-0.4, -0.2) is 4.98 Å².